The Morgan fingerprint density at radius 1 is 1.24 bits per heavy atom. The van der Waals surface area contributed by atoms with Crippen LogP contribution in [-0.2, 0) is 14.8 Å². The lowest BCUT2D eigenvalue weighted by molar-refractivity contribution is -0.115. The number of sulfonamides is 1. The number of para-hydroxylation sites is 2. The van der Waals surface area contributed by atoms with Crippen LogP contribution in [0.25, 0.3) is 0 Å². The largest absolute Gasteiger partial charge is 0.323 e. The quantitative estimate of drug-likeness (QED) is 0.908. The highest BCUT2D eigenvalue weighted by Crippen LogP contribution is 2.33. The monoisotopic (exact) mass is 307 g/mol. The Hall–Kier alpha value is -2.48. The highest BCUT2D eigenvalue weighted by molar-refractivity contribution is 7.92. The molecule has 0 unspecified atom stereocenters. The first-order chi connectivity index (χ1) is 9.98. The van der Waals surface area contributed by atoms with Crippen LogP contribution in [0.1, 0.15) is 0 Å². The van der Waals surface area contributed by atoms with E-state index in [1.54, 1.807) is 24.3 Å². The van der Waals surface area contributed by atoms with Crippen LogP contribution in [0.15, 0.2) is 47.6 Å². The van der Waals surface area contributed by atoms with Gasteiger partial charge in [-0.2, -0.15) is 0 Å². The van der Waals surface area contributed by atoms with Crippen LogP contribution in [0.5, 0.6) is 0 Å². The van der Waals surface area contributed by atoms with E-state index in [0.717, 1.165) is 22.8 Å². The van der Waals surface area contributed by atoms with Gasteiger partial charge in [-0.1, -0.05) is 12.1 Å². The van der Waals surface area contributed by atoms with Crippen molar-refractivity contribution in [3.05, 3.63) is 48.5 Å². The van der Waals surface area contributed by atoms with E-state index in [4.69, 9.17) is 0 Å². The van der Waals surface area contributed by atoms with Crippen molar-refractivity contribution in [1.29, 1.82) is 0 Å². The molecule has 3 rings (SSSR count). The van der Waals surface area contributed by atoms with Crippen LogP contribution in [0, 0.1) is 5.82 Å². The van der Waals surface area contributed by atoms with Gasteiger partial charge in [-0.15, -0.1) is 0 Å². The molecule has 6 nitrogen and oxygen atoms in total. The van der Waals surface area contributed by atoms with Crippen LogP contribution in [0.4, 0.5) is 15.8 Å². The summed E-state index contributed by atoms with van der Waals surface area (Å²) in [6.07, 6.45) is 1.96. The zero-order valence-corrected chi connectivity index (χ0v) is 11.5. The number of nitrogens with one attached hydrogen (secondary N) is 1. The number of nitrogens with zero attached hydrogens (tertiary/aromatic N) is 2. The van der Waals surface area contributed by atoms with Crippen molar-refractivity contribution in [3.8, 4) is 0 Å². The van der Waals surface area contributed by atoms with Crippen molar-refractivity contribution < 1.29 is 17.6 Å². The summed E-state index contributed by atoms with van der Waals surface area (Å²) in [6, 6.07) is 7.37. The summed E-state index contributed by atoms with van der Waals surface area (Å²) < 4.78 is 39.3. The Kier molecular flexibility index (Phi) is 3.09. The number of carbonyl (C=O) groups excluding carboxylic acids is 1. The predicted octanol–water partition coefficient (Wildman–Crippen LogP) is 1.37. The van der Waals surface area contributed by atoms with Gasteiger partial charge >= 0.3 is 0 Å². The van der Waals surface area contributed by atoms with Crippen molar-refractivity contribution >= 4 is 27.3 Å². The van der Waals surface area contributed by atoms with Crippen molar-refractivity contribution in [2.75, 3.05) is 16.2 Å². The highest BCUT2D eigenvalue weighted by atomic mass is 32.2. The number of rotatable bonds is 2. The van der Waals surface area contributed by atoms with Gasteiger partial charge in [0.2, 0.25) is 5.91 Å². The summed E-state index contributed by atoms with van der Waals surface area (Å²) in [5.41, 5.74) is 0.725. The highest BCUT2D eigenvalue weighted by Gasteiger charge is 2.32. The Balaban J connectivity index is 2.14. The van der Waals surface area contributed by atoms with Crippen molar-refractivity contribution in [3.63, 3.8) is 0 Å². The van der Waals surface area contributed by atoms with E-state index in [1.807, 2.05) is 0 Å². The van der Waals surface area contributed by atoms with Gasteiger partial charge in [-0.25, -0.2) is 12.8 Å². The third kappa shape index (κ3) is 2.33. The minimum Gasteiger partial charge on any atom is -0.323 e. The van der Waals surface area contributed by atoms with Gasteiger partial charge in [-0.3, -0.25) is 14.1 Å². The summed E-state index contributed by atoms with van der Waals surface area (Å²) in [5.74, 6) is -1.22. The maximum Gasteiger partial charge on any atom is 0.266 e. The van der Waals surface area contributed by atoms with Gasteiger partial charge in [0, 0.05) is 6.20 Å². The van der Waals surface area contributed by atoms with Gasteiger partial charge in [-0.05, 0) is 18.2 Å². The summed E-state index contributed by atoms with van der Waals surface area (Å²) in [5, 5.41) is 2.59. The average molecular weight is 307 g/mol. The maximum atomic E-state index is 13.2. The molecule has 0 spiro atoms. The zero-order chi connectivity index (χ0) is 15.0. The molecular weight excluding hydrogens is 297 g/mol. The number of carbonyl (C=O) groups is 1. The first-order valence-corrected chi connectivity index (χ1v) is 7.45. The Morgan fingerprint density at radius 2 is 2.00 bits per heavy atom. The second-order valence-corrected chi connectivity index (χ2v) is 6.28. The Labute approximate surface area is 120 Å². The molecule has 1 aliphatic heterocycles. The number of hydrogen-bond acceptors (Lipinski definition) is 4. The first-order valence-electron chi connectivity index (χ1n) is 6.00. The summed E-state index contributed by atoms with van der Waals surface area (Å²) in [6.45, 7) is -0.365. The number of pyridine rings is 1. The topological polar surface area (TPSA) is 79.4 Å². The minimum atomic E-state index is -4.06. The van der Waals surface area contributed by atoms with Gasteiger partial charge in [0.25, 0.3) is 10.0 Å². The number of anilines is 2. The molecular formula is C13H10FN3O3S. The lowest BCUT2D eigenvalue weighted by Crippen LogP contribution is -2.42. The smallest absolute Gasteiger partial charge is 0.266 e. The fraction of sp³-hybridized carbons (Fsp3) is 0.0769. The molecule has 0 atom stereocenters. The fourth-order valence-corrected chi connectivity index (χ4v) is 3.49. The van der Waals surface area contributed by atoms with Crippen molar-refractivity contribution in [2.45, 2.75) is 4.90 Å². The van der Waals surface area contributed by atoms with E-state index in [1.165, 1.54) is 0 Å². The van der Waals surface area contributed by atoms with Crippen molar-refractivity contribution in [2.24, 2.45) is 0 Å². The molecule has 8 heteroatoms. The molecule has 0 radical (unpaired) electrons. The van der Waals surface area contributed by atoms with Crippen LogP contribution < -0.4 is 9.62 Å². The number of hydrogen-bond donors (Lipinski definition) is 1. The Morgan fingerprint density at radius 3 is 2.76 bits per heavy atom. The summed E-state index contributed by atoms with van der Waals surface area (Å²) in [7, 11) is -4.06. The molecule has 0 aliphatic carbocycles. The molecule has 21 heavy (non-hydrogen) atoms. The molecule has 2 heterocycles. The molecule has 1 N–H and O–H groups in total. The fourth-order valence-electron chi connectivity index (χ4n) is 2.08. The van der Waals surface area contributed by atoms with Gasteiger partial charge in [0.05, 0.1) is 17.6 Å². The average Bonchev–Trinajstić information content (AvgIpc) is 2.46. The third-order valence-corrected chi connectivity index (χ3v) is 4.73. The lowest BCUT2D eigenvalue weighted by atomic mass is 10.2. The number of aromatic nitrogens is 1. The van der Waals surface area contributed by atoms with E-state index in [0.29, 0.717) is 11.4 Å². The minimum absolute atomic E-state index is 0.299. The molecule has 1 aromatic heterocycles. The Bertz CT molecular complexity index is 823. The molecule has 0 saturated heterocycles. The maximum absolute atomic E-state index is 13.2. The lowest BCUT2D eigenvalue weighted by Gasteiger charge is -2.29. The third-order valence-electron chi connectivity index (χ3n) is 3.00. The van der Waals surface area contributed by atoms with E-state index in [9.17, 15) is 17.6 Å². The number of halogens is 1. The first kappa shape index (κ1) is 13.5. The number of benzene rings is 1. The molecule has 1 aromatic carbocycles. The van der Waals surface area contributed by atoms with E-state index in [-0.39, 0.29) is 11.4 Å². The van der Waals surface area contributed by atoms with E-state index in [2.05, 4.69) is 10.3 Å². The molecule has 108 valence electrons. The predicted molar refractivity (Wildman–Crippen MR) is 73.8 cm³/mol. The normalized spacial score (nSPS) is 14.5. The van der Waals surface area contributed by atoms with E-state index < -0.39 is 21.7 Å². The van der Waals surface area contributed by atoms with Crippen LogP contribution in [-0.4, -0.2) is 25.9 Å². The number of fused-ring (bicyclic) bond motifs is 1. The second kappa shape index (κ2) is 4.81. The van der Waals surface area contributed by atoms with Crippen LogP contribution >= 0.6 is 0 Å². The SMILES string of the molecule is O=C1CN(S(=O)(=O)c2cncc(F)c2)c2ccccc2N1. The molecule has 0 saturated carbocycles. The van der Waals surface area contributed by atoms with Crippen LogP contribution in [0.3, 0.4) is 0 Å². The number of amides is 1. The van der Waals surface area contributed by atoms with E-state index >= 15 is 0 Å². The van der Waals surface area contributed by atoms with Gasteiger partial charge in [0.15, 0.2) is 0 Å². The summed E-state index contributed by atoms with van der Waals surface area (Å²) >= 11 is 0. The molecule has 1 amide bonds. The molecule has 2 aromatic rings. The van der Waals surface area contributed by atoms with Crippen LogP contribution in [0.2, 0.25) is 0 Å². The van der Waals surface area contributed by atoms with Gasteiger partial charge < -0.3 is 5.32 Å². The molecule has 0 fully saturated rings. The molecule has 1 aliphatic rings. The summed E-state index contributed by atoms with van der Waals surface area (Å²) in [4.78, 5) is 14.9. The zero-order valence-electron chi connectivity index (χ0n) is 10.7. The second-order valence-electron chi connectivity index (χ2n) is 4.42. The standard InChI is InChI=1S/C13H10FN3O3S/c14-9-5-10(7-15-6-9)21(19,20)17-8-13(18)16-11-3-1-2-4-12(11)17/h1-7H,8H2,(H,16,18). The van der Waals surface area contributed by atoms with Crippen molar-refractivity contribution in [1.82, 2.24) is 4.98 Å². The molecule has 0 bridgehead atoms. The van der Waals surface area contributed by atoms with Gasteiger partial charge in [0.1, 0.15) is 17.3 Å².